The van der Waals surface area contributed by atoms with Crippen molar-refractivity contribution in [3.8, 4) is 0 Å². The Kier molecular flexibility index (Phi) is 14.5. The van der Waals surface area contributed by atoms with Gasteiger partial charge in [0.2, 0.25) is 0 Å². The maximum absolute atomic E-state index is 3.30. The van der Waals surface area contributed by atoms with Gasteiger partial charge in [0.1, 0.15) is 0 Å². The smallest absolute Gasteiger partial charge is 0.302 e. The van der Waals surface area contributed by atoms with E-state index in [1.54, 1.807) is 0 Å². The van der Waals surface area contributed by atoms with E-state index in [2.05, 4.69) is 38.1 Å². The number of hydrogen-bond acceptors (Lipinski definition) is 0. The summed E-state index contributed by atoms with van der Waals surface area (Å²) in [7, 11) is 0. The Labute approximate surface area is 160 Å². The fourth-order valence-corrected chi connectivity index (χ4v) is 1.81. The maximum Gasteiger partial charge on any atom is 4.00 e. The van der Waals surface area contributed by atoms with Crippen molar-refractivity contribution in [2.45, 2.75) is 26.7 Å². The first-order valence-electron chi connectivity index (χ1n) is 7.78. The van der Waals surface area contributed by atoms with Gasteiger partial charge in [-0.05, 0) is 0 Å². The molecule has 3 rings (SSSR count). The van der Waals surface area contributed by atoms with Gasteiger partial charge in [-0.2, -0.15) is 36.4 Å². The summed E-state index contributed by atoms with van der Waals surface area (Å²) >= 11 is 0. The van der Waals surface area contributed by atoms with E-state index in [0.29, 0.717) is 0 Å². The van der Waals surface area contributed by atoms with Crippen molar-refractivity contribution in [2.75, 3.05) is 0 Å². The van der Waals surface area contributed by atoms with E-state index < -0.39 is 0 Å². The van der Waals surface area contributed by atoms with Crippen molar-refractivity contribution in [1.82, 2.24) is 0 Å². The van der Waals surface area contributed by atoms with Crippen molar-refractivity contribution in [3.05, 3.63) is 95.4 Å². The molecule has 0 heterocycles. The SMILES string of the molecule is CC[C-]=c1ccccc1=[C-]CC.[Zr+4].c1cc[cH-]c1.c1cc[cH-]c1. The minimum Gasteiger partial charge on any atom is -0.302 e. The zero-order valence-corrected chi connectivity index (χ0v) is 16.5. The van der Waals surface area contributed by atoms with Gasteiger partial charge >= 0.3 is 26.2 Å². The first-order chi connectivity index (χ1) is 10.9. The first kappa shape index (κ1) is 21.5. The number of benzene rings is 1. The monoisotopic (exact) mass is 378 g/mol. The van der Waals surface area contributed by atoms with Crippen LogP contribution in [0.5, 0.6) is 0 Å². The summed E-state index contributed by atoms with van der Waals surface area (Å²) in [5.41, 5.74) is 0. The normalized spacial score (nSPS) is 10.7. The molecule has 0 saturated carbocycles. The molecule has 3 aromatic carbocycles. The van der Waals surface area contributed by atoms with E-state index >= 15 is 0 Å². The van der Waals surface area contributed by atoms with Crippen molar-refractivity contribution in [1.29, 1.82) is 0 Å². The molecule has 23 heavy (non-hydrogen) atoms. The van der Waals surface area contributed by atoms with Crippen LogP contribution in [0.4, 0.5) is 0 Å². The molecule has 0 nitrogen and oxygen atoms in total. The van der Waals surface area contributed by atoms with Gasteiger partial charge in [0.15, 0.2) is 0 Å². The Morgan fingerprint density at radius 3 is 1.22 bits per heavy atom. The minimum absolute atomic E-state index is 0. The van der Waals surface area contributed by atoms with E-state index in [4.69, 9.17) is 0 Å². The molecule has 0 radical (unpaired) electrons. The molecule has 0 amide bonds. The third-order valence-electron chi connectivity index (χ3n) is 2.77. The van der Waals surface area contributed by atoms with Gasteiger partial charge in [-0.15, -0.1) is 12.1 Å². The summed E-state index contributed by atoms with van der Waals surface area (Å²) in [6.07, 6.45) is 8.52. The molecule has 1 heteroatoms. The summed E-state index contributed by atoms with van der Waals surface area (Å²) in [6, 6.07) is 28.3. The molecule has 0 N–H and O–H groups in total. The zero-order valence-electron chi connectivity index (χ0n) is 14.0. The molecule has 0 aromatic heterocycles. The third kappa shape index (κ3) is 10.8. The second kappa shape index (κ2) is 15.4. The third-order valence-corrected chi connectivity index (χ3v) is 2.77. The Morgan fingerprint density at radius 2 is 1.00 bits per heavy atom. The first-order valence-corrected chi connectivity index (χ1v) is 7.78. The van der Waals surface area contributed by atoms with Crippen LogP contribution in [-0.2, 0) is 26.2 Å². The summed E-state index contributed by atoms with van der Waals surface area (Å²) in [5, 5.41) is 2.36. The summed E-state index contributed by atoms with van der Waals surface area (Å²) < 4.78 is 0. The van der Waals surface area contributed by atoms with Gasteiger partial charge in [-0.1, -0.05) is 26.7 Å². The van der Waals surface area contributed by atoms with Crippen molar-refractivity contribution in [2.24, 2.45) is 0 Å². The second-order valence-electron chi connectivity index (χ2n) is 4.53. The van der Waals surface area contributed by atoms with E-state index in [0.717, 1.165) is 12.8 Å². The maximum atomic E-state index is 3.30. The molecule has 0 atom stereocenters. The molecule has 0 fully saturated rings. The molecular formula is C22H24Zr. The fourth-order valence-electron chi connectivity index (χ4n) is 1.81. The van der Waals surface area contributed by atoms with Crippen LogP contribution in [0, 0.1) is 0 Å². The Bertz CT molecular complexity index is 565. The van der Waals surface area contributed by atoms with Crippen molar-refractivity contribution in [3.63, 3.8) is 0 Å². The van der Waals surface area contributed by atoms with Gasteiger partial charge in [0.25, 0.3) is 0 Å². The van der Waals surface area contributed by atoms with Crippen LogP contribution in [0.2, 0.25) is 0 Å². The second-order valence-corrected chi connectivity index (χ2v) is 4.53. The van der Waals surface area contributed by atoms with Gasteiger partial charge in [0, 0.05) is 0 Å². The van der Waals surface area contributed by atoms with Crippen LogP contribution < -0.4 is 10.4 Å². The van der Waals surface area contributed by atoms with Crippen molar-refractivity contribution >= 4 is 12.2 Å². The van der Waals surface area contributed by atoms with Gasteiger partial charge in [-0.25, -0.2) is 36.4 Å². The van der Waals surface area contributed by atoms with Crippen LogP contribution in [0.15, 0.2) is 84.9 Å². The molecule has 0 unspecified atom stereocenters. The van der Waals surface area contributed by atoms with E-state index in [1.807, 2.05) is 72.8 Å². The predicted molar refractivity (Wildman–Crippen MR) is 97.2 cm³/mol. The van der Waals surface area contributed by atoms with Crippen LogP contribution in [0.25, 0.3) is 12.2 Å². The summed E-state index contributed by atoms with van der Waals surface area (Å²) in [4.78, 5) is 0. The van der Waals surface area contributed by atoms with Crippen LogP contribution in [-0.4, -0.2) is 0 Å². The van der Waals surface area contributed by atoms with Gasteiger partial charge in [0.05, 0.1) is 0 Å². The standard InChI is InChI=1S/C12H14.2C5H5.Zr/c1-3-7-11-9-5-6-10-12(11)8-4-2;2*1-2-4-5-3-1;/h5-6,9-10H,3-4H2,1-2H3;2*1-5H;/q-2;2*-1;+4. The van der Waals surface area contributed by atoms with Crippen LogP contribution in [0.1, 0.15) is 26.7 Å². The quantitative estimate of drug-likeness (QED) is 0.570. The van der Waals surface area contributed by atoms with Gasteiger partial charge in [-0.3, -0.25) is 12.2 Å². The molecule has 0 aliphatic heterocycles. The Hall–Kier alpha value is -1.46. The van der Waals surface area contributed by atoms with Crippen molar-refractivity contribution < 1.29 is 26.2 Å². The molecule has 0 aliphatic carbocycles. The fraction of sp³-hybridized carbons (Fsp3) is 0.182. The Balaban J connectivity index is 0.000000362. The molecule has 3 aromatic rings. The Morgan fingerprint density at radius 1 is 0.652 bits per heavy atom. The largest absolute Gasteiger partial charge is 4.00 e. The molecule has 116 valence electrons. The minimum atomic E-state index is 0. The molecule has 0 aliphatic rings. The average Bonchev–Trinajstić information content (AvgIpc) is 3.29. The number of hydrogen-bond donors (Lipinski definition) is 0. The molecule has 0 spiro atoms. The number of rotatable bonds is 2. The predicted octanol–water partition coefficient (Wildman–Crippen LogP) is 4.63. The van der Waals surface area contributed by atoms with E-state index in [-0.39, 0.29) is 26.2 Å². The summed E-state index contributed by atoms with van der Waals surface area (Å²) in [5.74, 6) is 0. The molecular weight excluding hydrogens is 355 g/mol. The van der Waals surface area contributed by atoms with E-state index in [9.17, 15) is 0 Å². The zero-order chi connectivity index (χ0) is 15.9. The van der Waals surface area contributed by atoms with Crippen LogP contribution >= 0.6 is 0 Å². The van der Waals surface area contributed by atoms with Gasteiger partial charge < -0.3 is 10.4 Å². The van der Waals surface area contributed by atoms with Crippen LogP contribution in [0.3, 0.4) is 0 Å². The topological polar surface area (TPSA) is 0 Å². The molecule has 0 bridgehead atoms. The van der Waals surface area contributed by atoms with E-state index in [1.165, 1.54) is 10.4 Å². The molecule has 0 saturated heterocycles. The average molecular weight is 380 g/mol. The summed E-state index contributed by atoms with van der Waals surface area (Å²) in [6.45, 7) is 4.20.